The van der Waals surface area contributed by atoms with Crippen LogP contribution in [0.5, 0.6) is 0 Å². The Morgan fingerprint density at radius 1 is 0.833 bits per heavy atom. The van der Waals surface area contributed by atoms with Gasteiger partial charge < -0.3 is 11.5 Å². The summed E-state index contributed by atoms with van der Waals surface area (Å²) in [5.41, 5.74) is 17.3. The molecule has 4 N–H and O–H groups in total. The van der Waals surface area contributed by atoms with Gasteiger partial charge in [-0.25, -0.2) is 0 Å². The lowest BCUT2D eigenvalue weighted by molar-refractivity contribution is 0.0323. The number of fused-ring (bicyclic) bond motifs is 4. The van der Waals surface area contributed by atoms with E-state index in [0.29, 0.717) is 17.5 Å². The zero-order chi connectivity index (χ0) is 17.1. The molecule has 4 rings (SSSR count). The van der Waals surface area contributed by atoms with Crippen LogP contribution < -0.4 is 11.5 Å². The number of nitrogens with two attached hydrogens (primary N) is 2. The maximum atomic E-state index is 6.77. The zero-order valence-electron chi connectivity index (χ0n) is 16.1. The van der Waals surface area contributed by atoms with Gasteiger partial charge in [0.1, 0.15) is 0 Å². The first-order chi connectivity index (χ1) is 11.4. The Labute approximate surface area is 148 Å². The monoisotopic (exact) mass is 330 g/mol. The first-order valence-corrected chi connectivity index (χ1v) is 10.6. The fourth-order valence-electron chi connectivity index (χ4n) is 6.91. The molecular formula is C22H38N2. The summed E-state index contributed by atoms with van der Waals surface area (Å²) in [6.07, 6.45) is 12.0. The Morgan fingerprint density at radius 3 is 2.25 bits per heavy atom. The largest absolute Gasteiger partial charge is 0.327 e. The normalized spacial score (nSPS) is 46.1. The smallest absolute Gasteiger partial charge is 0.0259 e. The summed E-state index contributed by atoms with van der Waals surface area (Å²) < 4.78 is 0. The number of rotatable bonds is 0. The van der Waals surface area contributed by atoms with Crippen LogP contribution in [-0.2, 0) is 0 Å². The third-order valence-electron chi connectivity index (χ3n) is 8.30. The minimum absolute atomic E-state index is 0.336. The lowest BCUT2D eigenvalue weighted by atomic mass is 9.52. The minimum Gasteiger partial charge on any atom is -0.327 e. The molecule has 0 aromatic rings. The second kappa shape index (κ2) is 6.13. The van der Waals surface area contributed by atoms with Gasteiger partial charge in [0.25, 0.3) is 0 Å². The molecule has 0 aromatic heterocycles. The average Bonchev–Trinajstić information content (AvgIpc) is 2.55. The van der Waals surface area contributed by atoms with Crippen LogP contribution in [-0.4, -0.2) is 12.1 Å². The van der Waals surface area contributed by atoms with Crippen LogP contribution in [0.4, 0.5) is 0 Å². The number of hydrogen-bond donors (Lipinski definition) is 2. The summed E-state index contributed by atoms with van der Waals surface area (Å²) in [5, 5.41) is 0. The van der Waals surface area contributed by atoms with Crippen molar-refractivity contribution in [3.05, 3.63) is 11.1 Å². The van der Waals surface area contributed by atoms with E-state index in [1.54, 1.807) is 11.1 Å². The molecule has 0 aliphatic heterocycles. The first-order valence-electron chi connectivity index (χ1n) is 10.6. The van der Waals surface area contributed by atoms with Crippen LogP contribution in [0.25, 0.3) is 0 Å². The van der Waals surface area contributed by atoms with Gasteiger partial charge in [0.2, 0.25) is 0 Å². The number of allylic oxidation sites excluding steroid dienone is 1. The van der Waals surface area contributed by atoms with Crippen molar-refractivity contribution in [3.8, 4) is 0 Å². The molecule has 4 aliphatic rings. The number of hydrogen-bond acceptors (Lipinski definition) is 2. The van der Waals surface area contributed by atoms with E-state index in [4.69, 9.17) is 11.5 Å². The van der Waals surface area contributed by atoms with Gasteiger partial charge in [-0.2, -0.15) is 0 Å². The van der Waals surface area contributed by atoms with Crippen molar-refractivity contribution in [2.75, 3.05) is 0 Å². The Hall–Kier alpha value is -0.340. The minimum atomic E-state index is 0.336. The maximum Gasteiger partial charge on any atom is 0.0259 e. The molecule has 24 heavy (non-hydrogen) atoms. The molecule has 2 fully saturated rings. The van der Waals surface area contributed by atoms with Crippen LogP contribution in [0.1, 0.15) is 78.6 Å². The lowest BCUT2D eigenvalue weighted by Gasteiger charge is -2.54. The Morgan fingerprint density at radius 2 is 1.54 bits per heavy atom. The predicted molar refractivity (Wildman–Crippen MR) is 101 cm³/mol. The molecule has 7 atom stereocenters. The topological polar surface area (TPSA) is 52.0 Å². The molecule has 0 heterocycles. The predicted octanol–water partition coefficient (Wildman–Crippen LogP) is 4.63. The van der Waals surface area contributed by atoms with Crippen LogP contribution in [0, 0.1) is 35.0 Å². The molecule has 0 amide bonds. The van der Waals surface area contributed by atoms with Gasteiger partial charge in [0, 0.05) is 12.1 Å². The fourth-order valence-corrected chi connectivity index (χ4v) is 6.91. The molecule has 136 valence electrons. The van der Waals surface area contributed by atoms with Crippen LogP contribution in [0.3, 0.4) is 0 Å². The summed E-state index contributed by atoms with van der Waals surface area (Å²) >= 11 is 0. The molecule has 2 nitrogen and oxygen atoms in total. The molecule has 2 heteroatoms. The summed E-state index contributed by atoms with van der Waals surface area (Å²) in [6, 6.07) is 0.781. The Kier molecular flexibility index (Phi) is 4.36. The molecule has 4 aliphatic carbocycles. The Balaban J connectivity index is 1.63. The molecule has 2 saturated carbocycles. The van der Waals surface area contributed by atoms with Gasteiger partial charge in [-0.1, -0.05) is 44.8 Å². The van der Waals surface area contributed by atoms with Gasteiger partial charge >= 0.3 is 0 Å². The van der Waals surface area contributed by atoms with E-state index in [1.165, 1.54) is 57.8 Å². The summed E-state index contributed by atoms with van der Waals surface area (Å²) in [4.78, 5) is 0. The molecule has 6 unspecified atom stereocenters. The summed E-state index contributed by atoms with van der Waals surface area (Å²) in [7, 11) is 0. The molecular weight excluding hydrogens is 292 g/mol. The van der Waals surface area contributed by atoms with Crippen molar-refractivity contribution in [1.82, 2.24) is 0 Å². The van der Waals surface area contributed by atoms with Gasteiger partial charge in [0.05, 0.1) is 0 Å². The van der Waals surface area contributed by atoms with Crippen molar-refractivity contribution in [3.63, 3.8) is 0 Å². The quantitative estimate of drug-likeness (QED) is 0.636. The molecule has 0 saturated heterocycles. The van der Waals surface area contributed by atoms with Gasteiger partial charge in [-0.15, -0.1) is 0 Å². The summed E-state index contributed by atoms with van der Waals surface area (Å²) in [6.45, 7) is 7.22. The second-order valence-electron chi connectivity index (χ2n) is 10.5. The van der Waals surface area contributed by atoms with Crippen molar-refractivity contribution < 1.29 is 0 Å². The van der Waals surface area contributed by atoms with Gasteiger partial charge in [-0.3, -0.25) is 0 Å². The summed E-state index contributed by atoms with van der Waals surface area (Å²) in [5.74, 6) is 4.08. The third-order valence-corrected chi connectivity index (χ3v) is 8.30. The zero-order valence-corrected chi connectivity index (χ0v) is 16.1. The van der Waals surface area contributed by atoms with E-state index in [9.17, 15) is 0 Å². The van der Waals surface area contributed by atoms with Gasteiger partial charge in [-0.05, 0) is 80.0 Å². The van der Waals surface area contributed by atoms with E-state index < -0.39 is 0 Å². The van der Waals surface area contributed by atoms with E-state index in [2.05, 4.69) is 20.8 Å². The molecule has 0 spiro atoms. The molecule has 0 bridgehead atoms. The third kappa shape index (κ3) is 2.78. The highest BCUT2D eigenvalue weighted by Gasteiger charge is 2.49. The van der Waals surface area contributed by atoms with Gasteiger partial charge in [0.15, 0.2) is 0 Å². The van der Waals surface area contributed by atoms with Crippen LogP contribution in [0.15, 0.2) is 11.1 Å². The van der Waals surface area contributed by atoms with Crippen LogP contribution in [0.2, 0.25) is 0 Å². The van der Waals surface area contributed by atoms with Crippen molar-refractivity contribution in [2.24, 2.45) is 46.5 Å². The highest BCUT2D eigenvalue weighted by atomic mass is 14.7. The average molecular weight is 331 g/mol. The van der Waals surface area contributed by atoms with Crippen molar-refractivity contribution >= 4 is 0 Å². The van der Waals surface area contributed by atoms with Crippen LogP contribution >= 0.6 is 0 Å². The Bertz CT molecular complexity index is 515. The lowest BCUT2D eigenvalue weighted by Crippen LogP contribution is -2.53. The maximum absolute atomic E-state index is 6.77. The highest BCUT2D eigenvalue weighted by molar-refractivity contribution is 5.31. The van der Waals surface area contributed by atoms with E-state index in [1.807, 2.05) is 0 Å². The first kappa shape index (κ1) is 17.1. The fraction of sp³-hybridized carbons (Fsp3) is 0.909. The second-order valence-corrected chi connectivity index (χ2v) is 10.5. The molecule has 0 aromatic carbocycles. The van der Waals surface area contributed by atoms with Crippen molar-refractivity contribution in [2.45, 2.75) is 90.6 Å². The van der Waals surface area contributed by atoms with E-state index in [0.717, 1.165) is 29.6 Å². The van der Waals surface area contributed by atoms with E-state index >= 15 is 0 Å². The van der Waals surface area contributed by atoms with E-state index in [-0.39, 0.29) is 0 Å². The SMILES string of the molecule is CC(C)(C)C1CCC2=C(C1)C(N)C[C@@H]1C2CC(N)C2CCCCC21. The molecule has 0 radical (unpaired) electrons. The standard InChI is InChI=1S/C22H38N2/c1-22(2,3)13-8-9-15-18-11-20(23)16-7-5-4-6-14(16)17(18)12-21(24)19(15)10-13/h13-14,16-18,20-21H,4-12,23-24H2,1-3H3/t13?,14?,16?,17-,18?,20?,21?/m0/s1. The highest BCUT2D eigenvalue weighted by Crippen LogP contribution is 2.56. The van der Waals surface area contributed by atoms with Crippen molar-refractivity contribution in [1.29, 1.82) is 0 Å².